The molecule has 0 amide bonds. The molecule has 1 aromatic carbocycles. The van der Waals surface area contributed by atoms with E-state index in [1.54, 1.807) is 0 Å². The van der Waals surface area contributed by atoms with Crippen molar-refractivity contribution in [3.63, 3.8) is 0 Å². The number of pyridine rings is 1. The molecule has 2 aromatic rings. The number of piperazine rings is 1. The smallest absolute Gasteiger partial charge is 0.0543 e. The van der Waals surface area contributed by atoms with Gasteiger partial charge in [-0.25, -0.2) is 0 Å². The first-order valence-corrected chi connectivity index (χ1v) is 8.77. The van der Waals surface area contributed by atoms with E-state index in [-0.39, 0.29) is 0 Å². The molecule has 23 heavy (non-hydrogen) atoms. The fraction of sp³-hybridized carbons (Fsp3) is 0.389. The lowest BCUT2D eigenvalue weighted by Crippen LogP contribution is -2.67. The van der Waals surface area contributed by atoms with E-state index in [0.717, 1.165) is 47.5 Å². The van der Waals surface area contributed by atoms with Gasteiger partial charge in [0.25, 0.3) is 0 Å². The van der Waals surface area contributed by atoms with Gasteiger partial charge in [0.2, 0.25) is 0 Å². The fourth-order valence-corrected chi connectivity index (χ4v) is 4.27. The molecule has 3 aliphatic rings. The summed E-state index contributed by atoms with van der Waals surface area (Å²) in [6, 6.07) is 13.1. The van der Waals surface area contributed by atoms with Gasteiger partial charge in [-0.15, -0.1) is 0 Å². The number of rotatable bonds is 4. The van der Waals surface area contributed by atoms with Crippen LogP contribution in [0.2, 0.25) is 10.0 Å². The third-order valence-electron chi connectivity index (χ3n) is 4.93. The Morgan fingerprint density at radius 2 is 1.70 bits per heavy atom. The fourth-order valence-electron chi connectivity index (χ4n) is 3.75. The number of nitrogens with zero attached hydrogens (tertiary/aromatic N) is 3. The molecule has 1 aromatic heterocycles. The lowest BCUT2D eigenvalue weighted by molar-refractivity contribution is -0.0776. The summed E-state index contributed by atoms with van der Waals surface area (Å²) < 4.78 is 0. The number of benzene rings is 1. The molecule has 0 radical (unpaired) electrons. The molecular formula is C18H19Cl2N3. The van der Waals surface area contributed by atoms with E-state index >= 15 is 0 Å². The molecule has 5 rings (SSSR count). The Morgan fingerprint density at radius 1 is 0.957 bits per heavy atom. The highest BCUT2D eigenvalue weighted by Crippen LogP contribution is 2.36. The average molecular weight is 348 g/mol. The van der Waals surface area contributed by atoms with Gasteiger partial charge in [0.15, 0.2) is 0 Å². The minimum absolute atomic E-state index is 0.602. The van der Waals surface area contributed by atoms with Crippen molar-refractivity contribution in [2.24, 2.45) is 0 Å². The largest absolute Gasteiger partial charge is 0.294 e. The third kappa shape index (κ3) is 3.11. The van der Waals surface area contributed by atoms with Crippen LogP contribution < -0.4 is 0 Å². The van der Waals surface area contributed by atoms with Gasteiger partial charge in [0.1, 0.15) is 0 Å². The van der Waals surface area contributed by atoms with Crippen molar-refractivity contribution in [1.29, 1.82) is 0 Å². The van der Waals surface area contributed by atoms with Crippen LogP contribution >= 0.6 is 23.2 Å². The highest BCUT2D eigenvalue weighted by molar-refractivity contribution is 6.35. The predicted octanol–water partition coefficient (Wildman–Crippen LogP) is 3.85. The van der Waals surface area contributed by atoms with E-state index in [2.05, 4.69) is 26.9 Å². The zero-order valence-electron chi connectivity index (χ0n) is 12.8. The standard InChI is InChI=1S/C18H19Cl2N3/c19-17-5-3-6-18(20)16(17)12-23-14-8-15(23)11-22(10-14)9-13-4-1-2-7-21-13/h1-7,14-15H,8-12H2. The van der Waals surface area contributed by atoms with Crippen LogP contribution in [-0.4, -0.2) is 40.0 Å². The topological polar surface area (TPSA) is 19.4 Å². The Hall–Kier alpha value is -1.13. The minimum Gasteiger partial charge on any atom is -0.294 e. The van der Waals surface area contributed by atoms with Gasteiger partial charge in [0.05, 0.1) is 5.69 Å². The van der Waals surface area contributed by atoms with Crippen LogP contribution in [0.25, 0.3) is 0 Å². The van der Waals surface area contributed by atoms with Crippen LogP contribution in [0.3, 0.4) is 0 Å². The molecule has 0 aliphatic carbocycles. The van der Waals surface area contributed by atoms with E-state index in [1.165, 1.54) is 6.42 Å². The molecule has 5 heteroatoms. The monoisotopic (exact) mass is 347 g/mol. The van der Waals surface area contributed by atoms with Gasteiger partial charge in [0, 0.05) is 60.1 Å². The maximum Gasteiger partial charge on any atom is 0.0543 e. The molecule has 0 N–H and O–H groups in total. The third-order valence-corrected chi connectivity index (χ3v) is 5.64. The summed E-state index contributed by atoms with van der Waals surface area (Å²) in [6.07, 6.45) is 3.15. The summed E-state index contributed by atoms with van der Waals surface area (Å²) in [6.45, 7) is 3.98. The van der Waals surface area contributed by atoms with Crippen LogP contribution in [-0.2, 0) is 13.1 Å². The Balaban J connectivity index is 1.40. The van der Waals surface area contributed by atoms with Crippen LogP contribution in [0.4, 0.5) is 0 Å². The summed E-state index contributed by atoms with van der Waals surface area (Å²) in [7, 11) is 0. The van der Waals surface area contributed by atoms with Crippen molar-refractivity contribution in [2.75, 3.05) is 13.1 Å². The van der Waals surface area contributed by atoms with Gasteiger partial charge in [-0.3, -0.25) is 14.8 Å². The van der Waals surface area contributed by atoms with Gasteiger partial charge in [-0.1, -0.05) is 35.3 Å². The molecule has 2 unspecified atom stereocenters. The molecule has 0 spiro atoms. The van der Waals surface area contributed by atoms with E-state index in [4.69, 9.17) is 23.2 Å². The molecular weight excluding hydrogens is 329 g/mol. The molecule has 3 aliphatic heterocycles. The number of aromatic nitrogens is 1. The van der Waals surface area contributed by atoms with E-state index < -0.39 is 0 Å². The first-order valence-electron chi connectivity index (χ1n) is 8.01. The molecule has 3 saturated heterocycles. The maximum absolute atomic E-state index is 6.32. The second kappa shape index (κ2) is 6.40. The maximum atomic E-state index is 6.32. The summed E-state index contributed by atoms with van der Waals surface area (Å²) in [5, 5.41) is 1.54. The summed E-state index contributed by atoms with van der Waals surface area (Å²) in [5.74, 6) is 0. The van der Waals surface area contributed by atoms with Gasteiger partial charge >= 0.3 is 0 Å². The Bertz CT molecular complexity index is 660. The zero-order valence-corrected chi connectivity index (χ0v) is 14.3. The van der Waals surface area contributed by atoms with Gasteiger partial charge in [-0.2, -0.15) is 0 Å². The number of hydrogen-bond acceptors (Lipinski definition) is 3. The van der Waals surface area contributed by atoms with Crippen LogP contribution in [0.15, 0.2) is 42.6 Å². The number of halogens is 2. The molecule has 2 atom stereocenters. The first-order chi connectivity index (χ1) is 11.2. The summed E-state index contributed by atoms with van der Waals surface area (Å²) >= 11 is 12.6. The van der Waals surface area contributed by atoms with E-state index in [1.807, 2.05) is 30.5 Å². The lowest BCUT2D eigenvalue weighted by Gasteiger charge is -2.56. The second-order valence-electron chi connectivity index (χ2n) is 6.43. The Morgan fingerprint density at radius 3 is 2.35 bits per heavy atom. The molecule has 4 heterocycles. The van der Waals surface area contributed by atoms with Crippen LogP contribution in [0.1, 0.15) is 17.7 Å². The van der Waals surface area contributed by atoms with Crippen molar-refractivity contribution in [3.05, 3.63) is 63.9 Å². The first kappa shape index (κ1) is 15.4. The summed E-state index contributed by atoms with van der Waals surface area (Å²) in [5.41, 5.74) is 2.21. The van der Waals surface area contributed by atoms with E-state index in [9.17, 15) is 0 Å². The van der Waals surface area contributed by atoms with Crippen molar-refractivity contribution < 1.29 is 0 Å². The second-order valence-corrected chi connectivity index (χ2v) is 7.25. The normalized spacial score (nSPS) is 24.4. The molecule has 2 bridgehead atoms. The van der Waals surface area contributed by atoms with Crippen LogP contribution in [0.5, 0.6) is 0 Å². The molecule has 120 valence electrons. The average Bonchev–Trinajstić information content (AvgIpc) is 2.55. The molecule has 3 fully saturated rings. The Labute approximate surface area is 146 Å². The number of fused-ring (bicyclic) bond motifs is 2. The van der Waals surface area contributed by atoms with Gasteiger partial charge < -0.3 is 0 Å². The number of hydrogen-bond donors (Lipinski definition) is 0. The van der Waals surface area contributed by atoms with Crippen LogP contribution in [0, 0.1) is 0 Å². The van der Waals surface area contributed by atoms with Crippen molar-refractivity contribution in [3.8, 4) is 0 Å². The van der Waals surface area contributed by atoms with E-state index in [0.29, 0.717) is 12.1 Å². The summed E-state index contributed by atoms with van der Waals surface area (Å²) in [4.78, 5) is 9.48. The minimum atomic E-state index is 0.602. The Kier molecular flexibility index (Phi) is 4.29. The van der Waals surface area contributed by atoms with Crippen molar-refractivity contribution in [1.82, 2.24) is 14.8 Å². The lowest BCUT2D eigenvalue weighted by atomic mass is 9.86. The molecule has 0 saturated carbocycles. The quantitative estimate of drug-likeness (QED) is 0.837. The van der Waals surface area contributed by atoms with Crippen molar-refractivity contribution >= 4 is 23.2 Å². The highest BCUT2D eigenvalue weighted by Gasteiger charge is 2.44. The molecule has 3 nitrogen and oxygen atoms in total. The highest BCUT2D eigenvalue weighted by atomic mass is 35.5. The van der Waals surface area contributed by atoms with Crippen molar-refractivity contribution in [2.45, 2.75) is 31.6 Å². The van der Waals surface area contributed by atoms with Gasteiger partial charge in [-0.05, 0) is 30.7 Å². The SMILES string of the molecule is Clc1cccc(Cl)c1CN1C2CC1CN(Cc1ccccn1)C2. The predicted molar refractivity (Wildman–Crippen MR) is 93.7 cm³/mol. The zero-order chi connectivity index (χ0) is 15.8. The number of piperidine rings is 1.